The van der Waals surface area contributed by atoms with Crippen molar-refractivity contribution in [2.45, 2.75) is 38.0 Å². The number of rotatable bonds is 2. The summed E-state index contributed by atoms with van der Waals surface area (Å²) in [6, 6.07) is -0.270. The van der Waals surface area contributed by atoms with Gasteiger partial charge in [0.2, 0.25) is 0 Å². The third kappa shape index (κ3) is 1.41. The maximum atomic E-state index is 10.8. The highest BCUT2D eigenvalue weighted by Gasteiger charge is 2.51. The maximum Gasteiger partial charge on any atom is 0.138 e. The van der Waals surface area contributed by atoms with E-state index in [1.807, 2.05) is 20.8 Å². The number of hydrogen-bond donors (Lipinski definition) is 1. The van der Waals surface area contributed by atoms with Crippen LogP contribution in [0.2, 0.25) is 0 Å². The molecule has 0 spiro atoms. The van der Waals surface area contributed by atoms with Crippen molar-refractivity contribution in [1.29, 1.82) is 0 Å². The van der Waals surface area contributed by atoms with Gasteiger partial charge in [0.05, 0.1) is 11.6 Å². The molecular formula is C9H15ClN2O. The topological polar surface area (TPSA) is 32.3 Å². The lowest BCUT2D eigenvalue weighted by atomic mass is 9.98. The molecule has 2 atom stereocenters. The molecular weight excluding hydrogens is 188 g/mol. The SMILES string of the molecule is C=CC1(C)NC(C=O)C(C)(C)N1Cl. The summed E-state index contributed by atoms with van der Waals surface area (Å²) >= 11 is 6.13. The van der Waals surface area contributed by atoms with Gasteiger partial charge < -0.3 is 4.79 Å². The molecule has 1 saturated heterocycles. The number of nitrogens with one attached hydrogen (secondary N) is 1. The number of carbonyl (C=O) groups excluding carboxylic acids is 1. The van der Waals surface area contributed by atoms with Crippen LogP contribution in [0.15, 0.2) is 12.7 Å². The molecule has 0 aromatic rings. The first-order valence-corrected chi connectivity index (χ1v) is 4.55. The van der Waals surface area contributed by atoms with Crippen molar-refractivity contribution < 1.29 is 4.79 Å². The molecule has 1 N–H and O–H groups in total. The smallest absolute Gasteiger partial charge is 0.138 e. The third-order valence-electron chi connectivity index (χ3n) is 2.66. The zero-order valence-corrected chi connectivity index (χ0v) is 8.93. The maximum absolute atomic E-state index is 10.8. The van der Waals surface area contributed by atoms with Crippen LogP contribution in [0.25, 0.3) is 0 Å². The summed E-state index contributed by atoms with van der Waals surface area (Å²) in [5, 5.41) is 3.11. The fourth-order valence-corrected chi connectivity index (χ4v) is 1.83. The first-order valence-electron chi connectivity index (χ1n) is 4.21. The molecule has 0 aromatic heterocycles. The van der Waals surface area contributed by atoms with Crippen molar-refractivity contribution in [2.24, 2.45) is 0 Å². The molecule has 13 heavy (non-hydrogen) atoms. The van der Waals surface area contributed by atoms with E-state index in [-0.39, 0.29) is 6.04 Å². The molecule has 1 aliphatic heterocycles. The molecule has 0 bridgehead atoms. The minimum Gasteiger partial charge on any atom is -0.302 e. The fourth-order valence-electron chi connectivity index (χ4n) is 1.61. The third-order valence-corrected chi connectivity index (χ3v) is 3.44. The Morgan fingerprint density at radius 1 is 1.54 bits per heavy atom. The Morgan fingerprint density at radius 3 is 2.31 bits per heavy atom. The van der Waals surface area contributed by atoms with Crippen molar-refractivity contribution in [3.05, 3.63) is 12.7 Å². The van der Waals surface area contributed by atoms with Gasteiger partial charge in [-0.05, 0) is 32.5 Å². The lowest BCUT2D eigenvalue weighted by molar-refractivity contribution is -0.110. The quantitative estimate of drug-likeness (QED) is 0.416. The van der Waals surface area contributed by atoms with Crippen molar-refractivity contribution in [3.63, 3.8) is 0 Å². The average molecular weight is 203 g/mol. The van der Waals surface area contributed by atoms with Gasteiger partial charge in [-0.2, -0.15) is 4.42 Å². The number of halogens is 1. The first-order chi connectivity index (χ1) is 5.88. The Kier molecular flexibility index (Phi) is 2.54. The van der Waals surface area contributed by atoms with Crippen LogP contribution < -0.4 is 5.32 Å². The minimum atomic E-state index is -0.517. The second kappa shape index (κ2) is 3.08. The molecule has 0 saturated carbocycles. The Morgan fingerprint density at radius 2 is 2.08 bits per heavy atom. The largest absolute Gasteiger partial charge is 0.302 e. The van der Waals surface area contributed by atoms with Crippen molar-refractivity contribution in [2.75, 3.05) is 0 Å². The fraction of sp³-hybridized carbons (Fsp3) is 0.667. The molecule has 2 unspecified atom stereocenters. The van der Waals surface area contributed by atoms with Crippen LogP contribution in [0.3, 0.4) is 0 Å². The van der Waals surface area contributed by atoms with E-state index in [0.717, 1.165) is 6.29 Å². The summed E-state index contributed by atoms with van der Waals surface area (Å²) in [6.45, 7) is 9.42. The lowest BCUT2D eigenvalue weighted by Gasteiger charge is -2.33. The summed E-state index contributed by atoms with van der Waals surface area (Å²) in [4.78, 5) is 10.8. The molecule has 0 aliphatic carbocycles. The summed E-state index contributed by atoms with van der Waals surface area (Å²) in [6.07, 6.45) is 2.58. The monoisotopic (exact) mass is 202 g/mol. The average Bonchev–Trinajstić information content (AvgIpc) is 2.27. The minimum absolute atomic E-state index is 0.270. The number of carbonyl (C=O) groups is 1. The molecule has 74 valence electrons. The van der Waals surface area contributed by atoms with Gasteiger partial charge in [0.25, 0.3) is 0 Å². The van der Waals surface area contributed by atoms with Gasteiger partial charge in [-0.3, -0.25) is 5.32 Å². The number of hydrogen-bond acceptors (Lipinski definition) is 3. The number of aldehydes is 1. The summed E-state index contributed by atoms with van der Waals surface area (Å²) < 4.78 is 1.60. The van der Waals surface area contributed by atoms with Crippen LogP contribution in [0.4, 0.5) is 0 Å². The van der Waals surface area contributed by atoms with Gasteiger partial charge in [-0.25, -0.2) is 0 Å². The van der Waals surface area contributed by atoms with Crippen molar-refractivity contribution in [3.8, 4) is 0 Å². The normalized spacial score (nSPS) is 38.9. The predicted octanol–water partition coefficient (Wildman–Crippen LogP) is 1.29. The van der Waals surface area contributed by atoms with Gasteiger partial charge in [0.15, 0.2) is 0 Å². The van der Waals surface area contributed by atoms with Gasteiger partial charge in [-0.15, -0.1) is 0 Å². The Balaban J connectivity index is 3.03. The Hall–Kier alpha value is -0.380. The highest BCUT2D eigenvalue weighted by atomic mass is 35.5. The predicted molar refractivity (Wildman–Crippen MR) is 53.4 cm³/mol. The van der Waals surface area contributed by atoms with E-state index >= 15 is 0 Å². The van der Waals surface area contributed by atoms with Crippen LogP contribution in [0.5, 0.6) is 0 Å². The van der Waals surface area contributed by atoms with E-state index < -0.39 is 11.2 Å². The standard InChI is InChI=1S/C9H15ClN2O/c1-5-9(4)11-7(6-13)8(2,3)12(9)10/h5-7,11H,1H2,2-4H3. The van der Waals surface area contributed by atoms with E-state index in [4.69, 9.17) is 11.8 Å². The molecule has 0 radical (unpaired) electrons. The van der Waals surface area contributed by atoms with E-state index in [1.165, 1.54) is 0 Å². The van der Waals surface area contributed by atoms with E-state index in [0.29, 0.717) is 0 Å². The molecule has 1 fully saturated rings. The van der Waals surface area contributed by atoms with Crippen LogP contribution in [-0.2, 0) is 4.79 Å². The van der Waals surface area contributed by atoms with E-state index in [2.05, 4.69) is 11.9 Å². The molecule has 4 heteroatoms. The number of nitrogens with zero attached hydrogens (tertiary/aromatic N) is 1. The highest BCUT2D eigenvalue weighted by molar-refractivity contribution is 6.15. The Labute approximate surface area is 83.8 Å². The van der Waals surface area contributed by atoms with Crippen LogP contribution in [-0.4, -0.2) is 27.9 Å². The summed E-state index contributed by atoms with van der Waals surface area (Å²) in [5.74, 6) is 0. The first kappa shape index (κ1) is 10.7. The zero-order valence-electron chi connectivity index (χ0n) is 8.17. The van der Waals surface area contributed by atoms with Gasteiger partial charge in [-0.1, -0.05) is 12.7 Å². The lowest BCUT2D eigenvalue weighted by Crippen LogP contribution is -2.45. The molecule has 0 aromatic carbocycles. The van der Waals surface area contributed by atoms with Crippen molar-refractivity contribution >= 4 is 18.1 Å². The van der Waals surface area contributed by atoms with Gasteiger partial charge in [0.1, 0.15) is 11.9 Å². The molecule has 0 amide bonds. The second-order valence-electron chi connectivity index (χ2n) is 4.04. The van der Waals surface area contributed by atoms with Crippen LogP contribution >= 0.6 is 11.8 Å². The second-order valence-corrected chi connectivity index (χ2v) is 4.38. The Bertz CT molecular complexity index is 242. The molecule has 1 heterocycles. The summed E-state index contributed by atoms with van der Waals surface area (Å²) in [7, 11) is 0. The van der Waals surface area contributed by atoms with Crippen LogP contribution in [0.1, 0.15) is 20.8 Å². The van der Waals surface area contributed by atoms with Gasteiger partial charge in [0, 0.05) is 0 Å². The molecule has 3 nitrogen and oxygen atoms in total. The van der Waals surface area contributed by atoms with Gasteiger partial charge >= 0.3 is 0 Å². The summed E-state index contributed by atoms with van der Waals surface area (Å²) in [5.41, 5.74) is -0.914. The van der Waals surface area contributed by atoms with E-state index in [1.54, 1.807) is 10.5 Å². The zero-order chi connectivity index (χ0) is 10.3. The molecule has 1 rings (SSSR count). The molecule has 1 aliphatic rings. The van der Waals surface area contributed by atoms with Crippen molar-refractivity contribution in [1.82, 2.24) is 9.74 Å². The highest BCUT2D eigenvalue weighted by Crippen LogP contribution is 2.36. The van der Waals surface area contributed by atoms with Crippen LogP contribution in [0, 0.1) is 0 Å². The van der Waals surface area contributed by atoms with E-state index in [9.17, 15) is 4.79 Å².